The van der Waals surface area contributed by atoms with Crippen molar-refractivity contribution < 1.29 is 26.7 Å². The van der Waals surface area contributed by atoms with Gasteiger partial charge in [-0.2, -0.15) is 4.39 Å². The molecule has 0 atom stereocenters. The van der Waals surface area contributed by atoms with Gasteiger partial charge in [0.25, 0.3) is 0 Å². The van der Waals surface area contributed by atoms with Crippen molar-refractivity contribution in [3.05, 3.63) is 105 Å². The van der Waals surface area contributed by atoms with Crippen molar-refractivity contribution in [3.63, 3.8) is 0 Å². The highest BCUT2D eigenvalue weighted by atomic mass is 35.5. The van der Waals surface area contributed by atoms with E-state index in [-0.39, 0.29) is 17.1 Å². The third-order valence-corrected chi connectivity index (χ3v) is 6.68. The number of aromatic nitrogens is 2. The van der Waals surface area contributed by atoms with Crippen molar-refractivity contribution >= 4 is 34.6 Å². The highest BCUT2D eigenvalue weighted by molar-refractivity contribution is 6.31. The second kappa shape index (κ2) is 10.5. The van der Waals surface area contributed by atoms with Gasteiger partial charge in [-0.1, -0.05) is 23.8 Å². The van der Waals surface area contributed by atoms with Crippen LogP contribution in [0.25, 0.3) is 17.0 Å². The third-order valence-electron chi connectivity index (χ3n) is 6.39. The summed E-state index contributed by atoms with van der Waals surface area (Å²) in [7, 11) is 0. The molecule has 2 aromatic heterocycles. The number of rotatable bonds is 5. The Morgan fingerprint density at radius 3 is 2.55 bits per heavy atom. The van der Waals surface area contributed by atoms with E-state index in [0.29, 0.717) is 48.2 Å². The number of pyridine rings is 1. The van der Waals surface area contributed by atoms with Gasteiger partial charge < -0.3 is 5.32 Å². The molecule has 11 heteroatoms. The van der Waals surface area contributed by atoms with Gasteiger partial charge in [0.2, 0.25) is 5.95 Å². The first-order chi connectivity index (χ1) is 18.2. The number of nitrogens with one attached hydrogen (secondary N) is 1. The number of benzene rings is 2. The van der Waals surface area contributed by atoms with Crippen LogP contribution in [0.2, 0.25) is 5.02 Å². The molecule has 0 bridgehead atoms. The first-order valence-corrected chi connectivity index (χ1v) is 12.0. The molecule has 0 unspecified atom stereocenters. The summed E-state index contributed by atoms with van der Waals surface area (Å²) in [6.07, 6.45) is 4.93. The van der Waals surface area contributed by atoms with Crippen LogP contribution >= 0.6 is 11.6 Å². The average Bonchev–Trinajstić information content (AvgIpc) is 3.18. The molecule has 0 aliphatic carbocycles. The largest absolute Gasteiger partial charge is 0.333 e. The summed E-state index contributed by atoms with van der Waals surface area (Å²) in [5.74, 6) is -5.34. The van der Waals surface area contributed by atoms with Crippen molar-refractivity contribution in [2.75, 3.05) is 13.1 Å². The fourth-order valence-electron chi connectivity index (χ4n) is 4.61. The van der Waals surface area contributed by atoms with Crippen LogP contribution in [0, 0.1) is 29.2 Å². The van der Waals surface area contributed by atoms with Gasteiger partial charge in [-0.05, 0) is 53.1 Å². The molecule has 2 aromatic carbocycles. The van der Waals surface area contributed by atoms with Gasteiger partial charge in [-0.3, -0.25) is 9.47 Å². The Kier molecular flexibility index (Phi) is 7.18. The number of hydrogen-bond acceptors (Lipinski definition) is 3. The molecule has 0 spiro atoms. The molecule has 0 saturated heterocycles. The lowest BCUT2D eigenvalue weighted by atomic mass is 10.0. The minimum Gasteiger partial charge on any atom is -0.333 e. The van der Waals surface area contributed by atoms with Gasteiger partial charge in [0, 0.05) is 49.9 Å². The van der Waals surface area contributed by atoms with Crippen LogP contribution in [0.5, 0.6) is 0 Å². The van der Waals surface area contributed by atoms with E-state index >= 15 is 0 Å². The molecule has 5 rings (SSSR count). The fourth-order valence-corrected chi connectivity index (χ4v) is 4.77. The zero-order valence-corrected chi connectivity index (χ0v) is 20.5. The second-order valence-corrected chi connectivity index (χ2v) is 9.28. The molecule has 4 aromatic rings. The van der Waals surface area contributed by atoms with E-state index < -0.39 is 35.2 Å². The maximum Gasteiger partial charge on any atom is 0.326 e. The predicted octanol–water partition coefficient (Wildman–Crippen LogP) is 6.21. The molecule has 3 heterocycles. The van der Waals surface area contributed by atoms with Crippen LogP contribution in [-0.4, -0.2) is 33.6 Å². The van der Waals surface area contributed by atoms with Crippen LogP contribution < -0.4 is 5.32 Å². The summed E-state index contributed by atoms with van der Waals surface area (Å²) in [6.45, 7) is 1.36. The monoisotopic (exact) mass is 546 g/mol. The molecule has 38 heavy (non-hydrogen) atoms. The minimum atomic E-state index is -1.52. The molecule has 1 amide bonds. The highest BCUT2D eigenvalue weighted by Crippen LogP contribution is 2.34. The topological polar surface area (TPSA) is 50.2 Å². The van der Waals surface area contributed by atoms with Gasteiger partial charge in [0.15, 0.2) is 17.5 Å². The number of carbonyl (C=O) groups is 1. The first kappa shape index (κ1) is 25.9. The van der Waals surface area contributed by atoms with Crippen LogP contribution in [0.4, 0.5) is 26.7 Å². The quantitative estimate of drug-likeness (QED) is 0.184. The molecule has 196 valence electrons. The van der Waals surface area contributed by atoms with Crippen LogP contribution in [0.3, 0.4) is 0 Å². The normalized spacial score (nSPS) is 13.8. The number of nitrogens with zero attached hydrogens (tertiary/aromatic N) is 3. The molecule has 0 fully saturated rings. The minimum absolute atomic E-state index is 0.0587. The SMILES string of the molecule is O=C(NCc1ccnc(F)c1)n1c2c(c3cc(F)c(Cl)cc31)CN(CC=Cc1cc(F)c(F)c(F)c1)CC2. The van der Waals surface area contributed by atoms with Gasteiger partial charge in [-0.15, -0.1) is 0 Å². The molecular formula is C27H20ClF5N4O. The summed E-state index contributed by atoms with van der Waals surface area (Å²) in [5, 5.41) is 3.16. The zero-order valence-electron chi connectivity index (χ0n) is 19.7. The third kappa shape index (κ3) is 5.14. The van der Waals surface area contributed by atoms with E-state index in [1.807, 2.05) is 4.90 Å². The Hall–Kier alpha value is -3.76. The Bertz CT molecular complexity index is 1560. The van der Waals surface area contributed by atoms with E-state index in [1.54, 1.807) is 12.1 Å². The van der Waals surface area contributed by atoms with E-state index in [0.717, 1.165) is 17.7 Å². The smallest absolute Gasteiger partial charge is 0.326 e. The summed E-state index contributed by atoms with van der Waals surface area (Å²) in [6, 6.07) is 6.84. The van der Waals surface area contributed by atoms with E-state index in [9.17, 15) is 26.7 Å². The second-order valence-electron chi connectivity index (χ2n) is 8.88. The lowest BCUT2D eigenvalue weighted by molar-refractivity contribution is 0.240. The Morgan fingerprint density at radius 2 is 1.82 bits per heavy atom. The lowest BCUT2D eigenvalue weighted by Crippen LogP contribution is -2.34. The number of carbonyl (C=O) groups excluding carboxylic acids is 1. The van der Waals surface area contributed by atoms with Gasteiger partial charge in [0.1, 0.15) is 5.82 Å². The maximum atomic E-state index is 14.4. The van der Waals surface area contributed by atoms with Crippen molar-refractivity contribution in [1.29, 1.82) is 0 Å². The lowest BCUT2D eigenvalue weighted by Gasteiger charge is -2.27. The van der Waals surface area contributed by atoms with Crippen molar-refractivity contribution in [3.8, 4) is 0 Å². The van der Waals surface area contributed by atoms with Crippen LogP contribution in [-0.2, 0) is 19.5 Å². The van der Waals surface area contributed by atoms with Crippen LogP contribution in [0.15, 0.2) is 48.7 Å². The number of hydrogen-bond donors (Lipinski definition) is 1. The maximum absolute atomic E-state index is 14.4. The molecular weight excluding hydrogens is 527 g/mol. The number of halogens is 6. The molecule has 1 aliphatic rings. The molecule has 0 radical (unpaired) electrons. The Labute approximate surface area is 219 Å². The summed E-state index contributed by atoms with van der Waals surface area (Å²) >= 11 is 6.04. The van der Waals surface area contributed by atoms with E-state index in [1.165, 1.54) is 35.0 Å². The molecule has 5 nitrogen and oxygen atoms in total. The summed E-state index contributed by atoms with van der Waals surface area (Å²) in [5.41, 5.74) is 2.59. The van der Waals surface area contributed by atoms with E-state index in [2.05, 4.69) is 10.3 Å². The van der Waals surface area contributed by atoms with Crippen molar-refractivity contribution in [2.45, 2.75) is 19.5 Å². The summed E-state index contributed by atoms with van der Waals surface area (Å²) in [4.78, 5) is 18.7. The number of fused-ring (bicyclic) bond motifs is 3. The summed E-state index contributed by atoms with van der Waals surface area (Å²) < 4.78 is 69.4. The molecule has 1 N–H and O–H groups in total. The molecule has 1 aliphatic heterocycles. The van der Waals surface area contributed by atoms with Gasteiger partial charge >= 0.3 is 6.03 Å². The average molecular weight is 547 g/mol. The Balaban J connectivity index is 1.39. The first-order valence-electron chi connectivity index (χ1n) is 11.6. The Morgan fingerprint density at radius 1 is 1.05 bits per heavy atom. The zero-order chi connectivity index (χ0) is 27.0. The fraction of sp³-hybridized carbons (Fsp3) is 0.185. The van der Waals surface area contributed by atoms with Gasteiger partial charge in [0.05, 0.1) is 10.5 Å². The standard InChI is InChI=1S/C27H20ClF5N4O/c28-19-12-24-17(11-20(19)29)18-14-36(6-1-2-15-8-21(30)26(33)22(31)9-15)7-4-23(18)37(24)27(38)35-13-16-3-5-34-25(32)10-16/h1-3,5,8-12H,4,6-7,13-14H2,(H,35,38). The highest BCUT2D eigenvalue weighted by Gasteiger charge is 2.27. The molecule has 0 saturated carbocycles. The van der Waals surface area contributed by atoms with Crippen molar-refractivity contribution in [2.24, 2.45) is 0 Å². The van der Waals surface area contributed by atoms with Gasteiger partial charge in [-0.25, -0.2) is 27.3 Å². The number of amides is 1. The van der Waals surface area contributed by atoms with Crippen molar-refractivity contribution in [1.82, 2.24) is 19.8 Å². The predicted molar refractivity (Wildman–Crippen MR) is 133 cm³/mol. The van der Waals surface area contributed by atoms with Crippen LogP contribution in [0.1, 0.15) is 22.4 Å². The van der Waals surface area contributed by atoms with E-state index in [4.69, 9.17) is 11.6 Å².